The molecule has 1 amide bonds. The van der Waals surface area contributed by atoms with Crippen LogP contribution in [-0.2, 0) is 16.2 Å². The van der Waals surface area contributed by atoms with Crippen molar-refractivity contribution in [3.8, 4) is 0 Å². The Morgan fingerprint density at radius 2 is 1.76 bits per heavy atom. The van der Waals surface area contributed by atoms with E-state index in [1.165, 1.54) is 32.8 Å². The number of carbonyl (C=O) groups is 1. The Balaban J connectivity index is 1.53. The second-order valence-corrected chi connectivity index (χ2v) is 10.9. The number of oxime groups is 1. The van der Waals surface area contributed by atoms with E-state index in [0.29, 0.717) is 17.5 Å². The third kappa shape index (κ3) is 5.24. The maximum absolute atomic E-state index is 11.4. The number of para-hydroxylation sites is 1. The average molecular weight is 469 g/mol. The van der Waals surface area contributed by atoms with Gasteiger partial charge < -0.3 is 24.8 Å². The lowest BCUT2D eigenvalue weighted by Crippen LogP contribution is -2.44. The fraction of sp³-hybridized carbons (Fsp3) is 0.630. The highest BCUT2D eigenvalue weighted by atomic mass is 16.6. The number of likely N-dealkylation sites (tertiary alicyclic amines) is 1. The molecule has 2 aliphatic rings. The predicted molar refractivity (Wildman–Crippen MR) is 136 cm³/mol. The van der Waals surface area contributed by atoms with Gasteiger partial charge in [-0.05, 0) is 55.9 Å². The van der Waals surface area contributed by atoms with Crippen molar-refractivity contribution in [2.45, 2.75) is 78.0 Å². The number of benzene rings is 1. The van der Waals surface area contributed by atoms with Crippen LogP contribution in [0.4, 0.5) is 4.79 Å². The van der Waals surface area contributed by atoms with Crippen LogP contribution in [0, 0.1) is 11.3 Å². The highest BCUT2D eigenvalue weighted by molar-refractivity contribution is 6.01. The van der Waals surface area contributed by atoms with Crippen LogP contribution in [0.3, 0.4) is 0 Å². The SMILES string of the molecule is CO/N=C\c1c(COC(N)=O)n(C2CCN(C3CCC(C(C)(C)C)CC3)CC2)c2ccccc12. The Kier molecular flexibility index (Phi) is 7.51. The van der Waals surface area contributed by atoms with Crippen LogP contribution in [0.5, 0.6) is 0 Å². The van der Waals surface area contributed by atoms with Crippen LogP contribution < -0.4 is 5.73 Å². The highest BCUT2D eigenvalue weighted by Gasteiger charge is 2.34. The maximum Gasteiger partial charge on any atom is 0.404 e. The average Bonchev–Trinajstić information content (AvgIpc) is 3.14. The molecule has 7 nitrogen and oxygen atoms in total. The number of carbonyl (C=O) groups excluding carboxylic acids is 1. The van der Waals surface area contributed by atoms with Crippen molar-refractivity contribution in [2.75, 3.05) is 20.2 Å². The molecule has 1 aromatic heterocycles. The number of hydrogen-bond donors (Lipinski definition) is 1. The number of amides is 1. The van der Waals surface area contributed by atoms with Crippen LogP contribution in [0.1, 0.15) is 76.6 Å². The normalized spacial score (nSPS) is 22.9. The highest BCUT2D eigenvalue weighted by Crippen LogP contribution is 2.40. The quantitative estimate of drug-likeness (QED) is 0.451. The van der Waals surface area contributed by atoms with E-state index in [-0.39, 0.29) is 6.61 Å². The summed E-state index contributed by atoms with van der Waals surface area (Å²) in [7, 11) is 1.53. The number of nitrogens with two attached hydrogens (primary N) is 1. The summed E-state index contributed by atoms with van der Waals surface area (Å²) in [6.07, 6.45) is 8.39. The van der Waals surface area contributed by atoms with Gasteiger partial charge in [0.25, 0.3) is 0 Å². The maximum atomic E-state index is 11.4. The van der Waals surface area contributed by atoms with Crippen molar-refractivity contribution >= 4 is 23.2 Å². The van der Waals surface area contributed by atoms with Gasteiger partial charge in [-0.3, -0.25) is 0 Å². The molecule has 34 heavy (non-hydrogen) atoms. The summed E-state index contributed by atoms with van der Waals surface area (Å²) in [5.74, 6) is 0.840. The molecule has 1 aliphatic heterocycles. The smallest absolute Gasteiger partial charge is 0.404 e. The van der Waals surface area contributed by atoms with E-state index in [4.69, 9.17) is 15.3 Å². The molecule has 186 valence electrons. The Hall–Kier alpha value is -2.54. The van der Waals surface area contributed by atoms with Crippen molar-refractivity contribution in [2.24, 2.45) is 22.2 Å². The van der Waals surface area contributed by atoms with Crippen LogP contribution in [0.25, 0.3) is 10.9 Å². The van der Waals surface area contributed by atoms with Crippen LogP contribution in [-0.4, -0.2) is 48.0 Å². The number of primary amides is 1. The molecular formula is C27H40N4O3. The molecule has 1 aliphatic carbocycles. The molecule has 2 heterocycles. The first-order chi connectivity index (χ1) is 16.3. The number of piperidine rings is 1. The zero-order valence-corrected chi connectivity index (χ0v) is 21.1. The number of nitrogens with zero attached hydrogens (tertiary/aromatic N) is 3. The van der Waals surface area contributed by atoms with Crippen molar-refractivity contribution in [3.63, 3.8) is 0 Å². The molecule has 0 bridgehead atoms. The zero-order chi connectivity index (χ0) is 24.3. The summed E-state index contributed by atoms with van der Waals surface area (Å²) in [5.41, 5.74) is 8.70. The lowest BCUT2D eigenvalue weighted by molar-refractivity contribution is 0.0712. The second-order valence-electron chi connectivity index (χ2n) is 10.9. The molecule has 1 aromatic carbocycles. The Morgan fingerprint density at radius 1 is 1.09 bits per heavy atom. The lowest BCUT2D eigenvalue weighted by atomic mass is 9.71. The second kappa shape index (κ2) is 10.4. The summed E-state index contributed by atoms with van der Waals surface area (Å²) in [6.45, 7) is 9.47. The minimum absolute atomic E-state index is 0.117. The first-order valence-electron chi connectivity index (χ1n) is 12.6. The minimum atomic E-state index is -0.771. The van der Waals surface area contributed by atoms with E-state index in [0.717, 1.165) is 54.0 Å². The van der Waals surface area contributed by atoms with Crippen molar-refractivity contribution in [1.29, 1.82) is 0 Å². The largest absolute Gasteiger partial charge is 0.443 e. The molecule has 0 unspecified atom stereocenters. The van der Waals surface area contributed by atoms with Gasteiger partial charge in [-0.1, -0.05) is 44.1 Å². The molecule has 2 fully saturated rings. The molecule has 1 saturated carbocycles. The van der Waals surface area contributed by atoms with Crippen LogP contribution in [0.15, 0.2) is 29.4 Å². The molecular weight excluding hydrogens is 428 g/mol. The molecule has 0 atom stereocenters. The fourth-order valence-corrected chi connectivity index (χ4v) is 6.11. The van der Waals surface area contributed by atoms with Gasteiger partial charge in [-0.15, -0.1) is 0 Å². The summed E-state index contributed by atoms with van der Waals surface area (Å²) in [6, 6.07) is 9.34. The first-order valence-corrected chi connectivity index (χ1v) is 12.6. The number of aromatic nitrogens is 1. The molecule has 0 spiro atoms. The number of hydrogen-bond acceptors (Lipinski definition) is 5. The zero-order valence-electron chi connectivity index (χ0n) is 21.1. The fourth-order valence-electron chi connectivity index (χ4n) is 6.11. The van der Waals surface area contributed by atoms with Crippen LogP contribution >= 0.6 is 0 Å². The monoisotopic (exact) mass is 468 g/mol. The summed E-state index contributed by atoms with van der Waals surface area (Å²) >= 11 is 0. The molecule has 2 aromatic rings. The van der Waals surface area contributed by atoms with Crippen molar-refractivity contribution in [1.82, 2.24) is 9.47 Å². The van der Waals surface area contributed by atoms with Crippen molar-refractivity contribution < 1.29 is 14.4 Å². The Labute approximate surface area is 203 Å². The van der Waals surface area contributed by atoms with Crippen LogP contribution in [0.2, 0.25) is 0 Å². The van der Waals surface area contributed by atoms with E-state index < -0.39 is 6.09 Å². The summed E-state index contributed by atoms with van der Waals surface area (Å²) in [5, 5.41) is 5.09. The number of rotatable bonds is 6. The standard InChI is InChI=1S/C27H40N4O3/c1-27(2,3)19-9-11-20(12-10-19)30-15-13-21(14-16-30)31-24-8-6-5-7-22(24)23(17-29-33-4)25(31)18-34-26(28)32/h5-8,17,19-21H,9-16,18H2,1-4H3,(H2,28,32)/b29-17-. The lowest BCUT2D eigenvalue weighted by Gasteiger charge is -2.43. The molecule has 7 heteroatoms. The van der Waals surface area contributed by atoms with E-state index in [1.54, 1.807) is 6.21 Å². The van der Waals surface area contributed by atoms with Gasteiger partial charge in [0.15, 0.2) is 0 Å². The molecule has 1 saturated heterocycles. The summed E-state index contributed by atoms with van der Waals surface area (Å²) < 4.78 is 7.62. The Morgan fingerprint density at radius 3 is 2.38 bits per heavy atom. The van der Waals surface area contributed by atoms with Gasteiger partial charge in [0, 0.05) is 41.6 Å². The Bertz CT molecular complexity index is 1010. The van der Waals surface area contributed by atoms with Gasteiger partial charge in [-0.2, -0.15) is 0 Å². The van der Waals surface area contributed by atoms with E-state index in [9.17, 15) is 4.79 Å². The van der Waals surface area contributed by atoms with E-state index >= 15 is 0 Å². The summed E-state index contributed by atoms with van der Waals surface area (Å²) in [4.78, 5) is 19.1. The first kappa shape index (κ1) is 24.6. The number of ether oxygens (including phenoxy) is 1. The molecule has 0 radical (unpaired) electrons. The van der Waals surface area contributed by atoms with Crippen molar-refractivity contribution in [3.05, 3.63) is 35.5 Å². The van der Waals surface area contributed by atoms with Gasteiger partial charge in [-0.25, -0.2) is 4.79 Å². The van der Waals surface area contributed by atoms with Gasteiger partial charge in [0.1, 0.15) is 13.7 Å². The molecule has 4 rings (SSSR count). The van der Waals surface area contributed by atoms with E-state index in [2.05, 4.69) is 53.6 Å². The predicted octanol–water partition coefficient (Wildman–Crippen LogP) is 5.46. The minimum Gasteiger partial charge on any atom is -0.443 e. The molecule has 2 N–H and O–H groups in total. The third-order valence-corrected chi connectivity index (χ3v) is 8.00. The van der Waals surface area contributed by atoms with E-state index in [1.807, 2.05) is 6.07 Å². The topological polar surface area (TPSA) is 82.1 Å². The van der Waals surface area contributed by atoms with Gasteiger partial charge in [0.2, 0.25) is 0 Å². The van der Waals surface area contributed by atoms with Gasteiger partial charge >= 0.3 is 6.09 Å². The number of fused-ring (bicyclic) bond motifs is 1. The van der Waals surface area contributed by atoms with Gasteiger partial charge in [0.05, 0.1) is 11.9 Å². The third-order valence-electron chi connectivity index (χ3n) is 8.00.